The van der Waals surface area contributed by atoms with Crippen molar-refractivity contribution in [2.75, 3.05) is 19.4 Å². The Balaban J connectivity index is 2.32. The number of carboxylic acids is 1. The summed E-state index contributed by atoms with van der Waals surface area (Å²) in [5, 5.41) is 8.54. The molecule has 1 saturated carbocycles. The first kappa shape index (κ1) is 13.4. The molecule has 0 saturated heterocycles. The standard InChI is InChI=1S/C9H17NO5S/c1-15-8(4-9(11)12)5-10-16(13,14)6-7-2-3-7/h7-8,10H,2-6H2,1H3,(H,11,12). The van der Waals surface area contributed by atoms with E-state index in [2.05, 4.69) is 4.72 Å². The third-order valence-electron chi connectivity index (χ3n) is 2.42. The largest absolute Gasteiger partial charge is 0.481 e. The molecule has 6 nitrogen and oxygen atoms in total. The number of sulfonamides is 1. The van der Waals surface area contributed by atoms with Crippen LogP contribution in [0.25, 0.3) is 0 Å². The van der Waals surface area contributed by atoms with E-state index in [4.69, 9.17) is 9.84 Å². The highest BCUT2D eigenvalue weighted by molar-refractivity contribution is 7.89. The maximum atomic E-state index is 11.5. The molecule has 0 aliphatic heterocycles. The summed E-state index contributed by atoms with van der Waals surface area (Å²) in [6, 6.07) is 0. The molecule has 0 spiro atoms. The van der Waals surface area contributed by atoms with E-state index in [-0.39, 0.29) is 24.6 Å². The predicted molar refractivity (Wildman–Crippen MR) is 57.6 cm³/mol. The Hall–Kier alpha value is -0.660. The number of hydrogen-bond donors (Lipinski definition) is 2. The third-order valence-corrected chi connectivity index (χ3v) is 3.94. The zero-order valence-corrected chi connectivity index (χ0v) is 10.00. The predicted octanol–water partition coefficient (Wildman–Crippen LogP) is -0.194. The number of hydrogen-bond acceptors (Lipinski definition) is 4. The summed E-state index contributed by atoms with van der Waals surface area (Å²) in [6.07, 6.45) is 1.10. The Morgan fingerprint density at radius 1 is 1.56 bits per heavy atom. The van der Waals surface area contributed by atoms with Crippen molar-refractivity contribution >= 4 is 16.0 Å². The smallest absolute Gasteiger partial charge is 0.306 e. The van der Waals surface area contributed by atoms with Crippen LogP contribution in [0.15, 0.2) is 0 Å². The van der Waals surface area contributed by atoms with Crippen molar-refractivity contribution in [3.8, 4) is 0 Å². The summed E-state index contributed by atoms with van der Waals surface area (Å²) >= 11 is 0. The molecule has 1 unspecified atom stereocenters. The Morgan fingerprint density at radius 3 is 2.62 bits per heavy atom. The van der Waals surface area contributed by atoms with Crippen LogP contribution in [0.5, 0.6) is 0 Å². The van der Waals surface area contributed by atoms with Crippen LogP contribution in [0.2, 0.25) is 0 Å². The van der Waals surface area contributed by atoms with Gasteiger partial charge in [0.15, 0.2) is 0 Å². The van der Waals surface area contributed by atoms with E-state index in [9.17, 15) is 13.2 Å². The molecule has 1 fully saturated rings. The van der Waals surface area contributed by atoms with Crippen LogP contribution in [0.3, 0.4) is 0 Å². The van der Waals surface area contributed by atoms with Gasteiger partial charge in [-0.15, -0.1) is 0 Å². The fourth-order valence-electron chi connectivity index (χ4n) is 1.31. The Morgan fingerprint density at radius 2 is 2.19 bits per heavy atom. The van der Waals surface area contributed by atoms with E-state index in [0.29, 0.717) is 0 Å². The van der Waals surface area contributed by atoms with Gasteiger partial charge in [0.25, 0.3) is 0 Å². The minimum atomic E-state index is -3.28. The summed E-state index contributed by atoms with van der Waals surface area (Å²) in [5.41, 5.74) is 0. The van der Waals surface area contributed by atoms with Gasteiger partial charge in [-0.25, -0.2) is 13.1 Å². The number of carbonyl (C=O) groups is 1. The molecular formula is C9H17NO5S. The molecule has 16 heavy (non-hydrogen) atoms. The SMILES string of the molecule is COC(CNS(=O)(=O)CC1CC1)CC(=O)O. The Kier molecular flexibility index (Phi) is 4.69. The summed E-state index contributed by atoms with van der Waals surface area (Å²) in [7, 11) is -1.92. The Labute approximate surface area is 95.0 Å². The molecule has 1 aliphatic carbocycles. The van der Waals surface area contributed by atoms with E-state index < -0.39 is 22.1 Å². The molecule has 0 aromatic heterocycles. The average Bonchev–Trinajstić information content (AvgIpc) is 2.94. The van der Waals surface area contributed by atoms with Crippen molar-refractivity contribution in [1.82, 2.24) is 4.72 Å². The van der Waals surface area contributed by atoms with Crippen LogP contribution in [-0.2, 0) is 19.6 Å². The second-order valence-corrected chi connectivity index (χ2v) is 5.88. The van der Waals surface area contributed by atoms with Crippen molar-refractivity contribution in [3.63, 3.8) is 0 Å². The highest BCUT2D eigenvalue weighted by Crippen LogP contribution is 2.29. The van der Waals surface area contributed by atoms with E-state index in [0.717, 1.165) is 12.8 Å². The van der Waals surface area contributed by atoms with Crippen LogP contribution < -0.4 is 4.72 Å². The lowest BCUT2D eigenvalue weighted by molar-refractivity contribution is -0.139. The number of methoxy groups -OCH3 is 1. The van der Waals surface area contributed by atoms with Crippen molar-refractivity contribution in [3.05, 3.63) is 0 Å². The van der Waals surface area contributed by atoms with Gasteiger partial charge in [-0.1, -0.05) is 0 Å². The fourth-order valence-corrected chi connectivity index (χ4v) is 2.82. The van der Waals surface area contributed by atoms with Crippen molar-refractivity contribution in [2.24, 2.45) is 5.92 Å². The van der Waals surface area contributed by atoms with Gasteiger partial charge < -0.3 is 9.84 Å². The molecule has 94 valence electrons. The van der Waals surface area contributed by atoms with Crippen LogP contribution in [0.4, 0.5) is 0 Å². The number of nitrogens with one attached hydrogen (secondary N) is 1. The minimum Gasteiger partial charge on any atom is -0.481 e. The molecule has 0 heterocycles. The molecule has 7 heteroatoms. The van der Waals surface area contributed by atoms with E-state index in [1.807, 2.05) is 0 Å². The van der Waals surface area contributed by atoms with E-state index >= 15 is 0 Å². The lowest BCUT2D eigenvalue weighted by atomic mass is 10.2. The van der Waals surface area contributed by atoms with E-state index in [1.54, 1.807) is 0 Å². The van der Waals surface area contributed by atoms with Gasteiger partial charge in [-0.05, 0) is 18.8 Å². The van der Waals surface area contributed by atoms with Gasteiger partial charge in [0.1, 0.15) is 0 Å². The molecular weight excluding hydrogens is 234 g/mol. The molecule has 2 N–H and O–H groups in total. The van der Waals surface area contributed by atoms with Crippen LogP contribution in [-0.4, -0.2) is 45.0 Å². The molecule has 0 aromatic carbocycles. The van der Waals surface area contributed by atoms with Crippen LogP contribution >= 0.6 is 0 Å². The van der Waals surface area contributed by atoms with Gasteiger partial charge >= 0.3 is 5.97 Å². The maximum absolute atomic E-state index is 11.5. The molecule has 0 radical (unpaired) electrons. The molecule has 1 atom stereocenters. The first-order chi connectivity index (χ1) is 7.43. The second kappa shape index (κ2) is 5.60. The van der Waals surface area contributed by atoms with Gasteiger partial charge in [0.05, 0.1) is 18.3 Å². The Bertz CT molecular complexity index is 336. The third kappa shape index (κ3) is 5.43. The first-order valence-corrected chi connectivity index (χ1v) is 6.80. The first-order valence-electron chi connectivity index (χ1n) is 5.15. The van der Waals surface area contributed by atoms with Gasteiger partial charge in [-0.2, -0.15) is 0 Å². The van der Waals surface area contributed by atoms with Gasteiger partial charge in [0, 0.05) is 13.7 Å². The van der Waals surface area contributed by atoms with Crippen LogP contribution in [0, 0.1) is 5.92 Å². The molecule has 1 aliphatic rings. The van der Waals surface area contributed by atoms with Crippen molar-refractivity contribution in [2.45, 2.75) is 25.4 Å². The number of aliphatic carboxylic acids is 1. The summed E-state index contributed by atoms with van der Waals surface area (Å²) in [4.78, 5) is 10.4. The maximum Gasteiger partial charge on any atom is 0.306 e. The highest BCUT2D eigenvalue weighted by atomic mass is 32.2. The summed E-state index contributed by atoms with van der Waals surface area (Å²) in [5.74, 6) is -0.595. The molecule has 0 amide bonds. The number of ether oxygens (including phenoxy) is 1. The number of rotatable bonds is 8. The quantitative estimate of drug-likeness (QED) is 0.623. The monoisotopic (exact) mass is 251 g/mol. The van der Waals surface area contributed by atoms with Gasteiger partial charge in [0.2, 0.25) is 10.0 Å². The number of carboxylic acid groups (broad SMARTS) is 1. The highest BCUT2D eigenvalue weighted by Gasteiger charge is 2.28. The normalized spacial score (nSPS) is 18.3. The fraction of sp³-hybridized carbons (Fsp3) is 0.889. The topological polar surface area (TPSA) is 92.7 Å². The lowest BCUT2D eigenvalue weighted by Crippen LogP contribution is -2.36. The van der Waals surface area contributed by atoms with Crippen molar-refractivity contribution < 1.29 is 23.1 Å². The molecule has 0 aromatic rings. The van der Waals surface area contributed by atoms with E-state index in [1.165, 1.54) is 7.11 Å². The van der Waals surface area contributed by atoms with Crippen LogP contribution in [0.1, 0.15) is 19.3 Å². The second-order valence-electron chi connectivity index (χ2n) is 4.03. The zero-order valence-electron chi connectivity index (χ0n) is 9.18. The lowest BCUT2D eigenvalue weighted by Gasteiger charge is -2.13. The van der Waals surface area contributed by atoms with Gasteiger partial charge in [-0.3, -0.25) is 4.79 Å². The average molecular weight is 251 g/mol. The molecule has 0 bridgehead atoms. The minimum absolute atomic E-state index is 0.0118. The van der Waals surface area contributed by atoms with Crippen molar-refractivity contribution in [1.29, 1.82) is 0 Å². The summed E-state index contributed by atoms with van der Waals surface area (Å²) in [6.45, 7) is 0.0118. The zero-order chi connectivity index (χ0) is 12.2. The summed E-state index contributed by atoms with van der Waals surface area (Å²) < 4.78 is 30.2. The molecule has 1 rings (SSSR count).